The molecule has 1 spiro atoms. The molecule has 19 heavy (non-hydrogen) atoms. The summed E-state index contributed by atoms with van der Waals surface area (Å²) >= 11 is 8.05. The van der Waals surface area contributed by atoms with Gasteiger partial charge in [-0.1, -0.05) is 18.5 Å². The van der Waals surface area contributed by atoms with Crippen molar-refractivity contribution in [1.29, 1.82) is 0 Å². The van der Waals surface area contributed by atoms with Crippen LogP contribution in [0.3, 0.4) is 0 Å². The van der Waals surface area contributed by atoms with Crippen LogP contribution in [0.25, 0.3) is 0 Å². The van der Waals surface area contributed by atoms with Crippen LogP contribution < -0.4 is 5.32 Å². The molecular weight excluding hydrogens is 278 g/mol. The maximum atomic E-state index is 6.30. The van der Waals surface area contributed by atoms with E-state index in [4.69, 9.17) is 16.3 Å². The van der Waals surface area contributed by atoms with Gasteiger partial charge in [-0.05, 0) is 44.4 Å². The molecule has 0 aliphatic carbocycles. The fraction of sp³-hybridized carbons (Fsp3) is 0.733. The van der Waals surface area contributed by atoms with Gasteiger partial charge in [0.2, 0.25) is 0 Å². The largest absolute Gasteiger partial charge is 0.377 e. The van der Waals surface area contributed by atoms with E-state index in [0.29, 0.717) is 12.1 Å². The van der Waals surface area contributed by atoms with Gasteiger partial charge in [0, 0.05) is 22.8 Å². The number of fused-ring (bicyclic) bond motifs is 2. The van der Waals surface area contributed by atoms with Gasteiger partial charge in [0.15, 0.2) is 0 Å². The van der Waals surface area contributed by atoms with Crippen LogP contribution in [0.15, 0.2) is 6.07 Å². The Labute approximate surface area is 124 Å². The Morgan fingerprint density at radius 2 is 2.42 bits per heavy atom. The van der Waals surface area contributed by atoms with Gasteiger partial charge in [0.25, 0.3) is 0 Å². The molecule has 2 aliphatic rings. The van der Waals surface area contributed by atoms with Crippen LogP contribution in [0.2, 0.25) is 4.34 Å². The van der Waals surface area contributed by atoms with Gasteiger partial charge in [-0.15, -0.1) is 11.3 Å². The Balaban J connectivity index is 2.00. The van der Waals surface area contributed by atoms with Crippen LogP contribution in [0, 0.1) is 0 Å². The van der Waals surface area contributed by atoms with Gasteiger partial charge in [0.1, 0.15) is 0 Å². The Bertz CT molecular complexity index is 461. The van der Waals surface area contributed by atoms with E-state index in [2.05, 4.69) is 25.2 Å². The maximum Gasteiger partial charge on any atom is 0.0934 e. The molecule has 0 saturated carbocycles. The highest BCUT2D eigenvalue weighted by atomic mass is 35.5. The summed E-state index contributed by atoms with van der Waals surface area (Å²) in [7, 11) is 0. The van der Waals surface area contributed by atoms with Crippen molar-refractivity contribution in [3.63, 3.8) is 0 Å². The lowest BCUT2D eigenvalue weighted by Crippen LogP contribution is -2.47. The predicted molar refractivity (Wildman–Crippen MR) is 81.4 cm³/mol. The van der Waals surface area contributed by atoms with Crippen LogP contribution in [0.4, 0.5) is 0 Å². The highest BCUT2D eigenvalue weighted by Gasteiger charge is 2.41. The first kappa shape index (κ1) is 13.9. The number of hydrogen-bond acceptors (Lipinski definition) is 3. The van der Waals surface area contributed by atoms with Gasteiger partial charge >= 0.3 is 0 Å². The lowest BCUT2D eigenvalue weighted by molar-refractivity contribution is 0.0113. The zero-order chi connectivity index (χ0) is 13.5. The van der Waals surface area contributed by atoms with E-state index >= 15 is 0 Å². The standard InChI is InChI=1S/C15H22ClNOS/c1-3-11-6-13-12(7-14(16)19-13)15(9-18-11)4-5-17-10(2)8-15/h7,10-11,17H,3-6,8-9H2,1-2H3/t10-,11?,15?/m0/s1. The third kappa shape index (κ3) is 2.58. The third-order valence-corrected chi connectivity index (χ3v) is 5.89. The number of piperidine rings is 1. The van der Waals surface area contributed by atoms with Gasteiger partial charge < -0.3 is 10.1 Å². The molecular formula is C15H22ClNOS. The Morgan fingerprint density at radius 1 is 1.58 bits per heavy atom. The highest BCUT2D eigenvalue weighted by molar-refractivity contribution is 7.16. The van der Waals surface area contributed by atoms with Gasteiger partial charge in [-0.25, -0.2) is 0 Å². The molecule has 1 N–H and O–H groups in total. The van der Waals surface area contributed by atoms with Crippen LogP contribution >= 0.6 is 22.9 Å². The minimum Gasteiger partial charge on any atom is -0.377 e. The van der Waals surface area contributed by atoms with Crippen LogP contribution in [-0.2, 0) is 16.6 Å². The van der Waals surface area contributed by atoms with E-state index in [-0.39, 0.29) is 5.41 Å². The summed E-state index contributed by atoms with van der Waals surface area (Å²) in [5.74, 6) is 0. The molecule has 3 atom stereocenters. The second-order valence-electron chi connectivity index (χ2n) is 6.02. The van der Waals surface area contributed by atoms with Crippen LogP contribution in [-0.4, -0.2) is 25.3 Å². The lowest BCUT2D eigenvalue weighted by Gasteiger charge is -2.40. The van der Waals surface area contributed by atoms with Crippen molar-refractivity contribution in [1.82, 2.24) is 5.32 Å². The second kappa shape index (κ2) is 5.36. The molecule has 3 heterocycles. The van der Waals surface area contributed by atoms with Crippen molar-refractivity contribution < 1.29 is 4.74 Å². The maximum absolute atomic E-state index is 6.30. The normalized spacial score (nSPS) is 35.1. The predicted octanol–water partition coefficient (Wildman–Crippen LogP) is 3.76. The summed E-state index contributed by atoms with van der Waals surface area (Å²) in [4.78, 5) is 1.46. The van der Waals surface area contributed by atoms with E-state index in [9.17, 15) is 0 Å². The number of hydrogen-bond donors (Lipinski definition) is 1. The summed E-state index contributed by atoms with van der Waals surface area (Å²) in [6.07, 6.45) is 4.79. The number of ether oxygens (including phenoxy) is 1. The van der Waals surface area contributed by atoms with Crippen LogP contribution in [0.5, 0.6) is 0 Å². The molecule has 0 amide bonds. The number of nitrogens with one attached hydrogen (secondary N) is 1. The molecule has 1 aromatic heterocycles. The van der Waals surface area contributed by atoms with E-state index < -0.39 is 0 Å². The van der Waals surface area contributed by atoms with E-state index in [1.165, 1.54) is 10.4 Å². The second-order valence-corrected chi connectivity index (χ2v) is 7.79. The fourth-order valence-corrected chi connectivity index (χ4v) is 5.03. The first-order valence-electron chi connectivity index (χ1n) is 7.26. The van der Waals surface area contributed by atoms with Gasteiger partial charge in [0.05, 0.1) is 17.0 Å². The SMILES string of the molecule is CCC1Cc2sc(Cl)cc2C2(CCN[C@@H](C)C2)CO1. The molecule has 0 radical (unpaired) electrons. The van der Waals surface area contributed by atoms with Crippen molar-refractivity contribution in [2.24, 2.45) is 0 Å². The molecule has 2 unspecified atom stereocenters. The Kier molecular flexibility index (Phi) is 3.91. The summed E-state index contributed by atoms with van der Waals surface area (Å²) in [5.41, 5.74) is 1.67. The first-order chi connectivity index (χ1) is 9.13. The molecule has 4 heteroatoms. The van der Waals surface area contributed by atoms with Crippen molar-refractivity contribution in [2.75, 3.05) is 13.2 Å². The van der Waals surface area contributed by atoms with Crippen molar-refractivity contribution in [3.05, 3.63) is 20.8 Å². The summed E-state index contributed by atoms with van der Waals surface area (Å²) in [5, 5.41) is 3.55. The molecule has 106 valence electrons. The molecule has 1 aromatic rings. The average molecular weight is 300 g/mol. The third-order valence-electron chi connectivity index (χ3n) is 4.61. The Morgan fingerprint density at radius 3 is 3.16 bits per heavy atom. The minimum absolute atomic E-state index is 0.188. The number of halogens is 1. The number of rotatable bonds is 1. The quantitative estimate of drug-likeness (QED) is 0.852. The smallest absolute Gasteiger partial charge is 0.0934 e. The van der Waals surface area contributed by atoms with Crippen molar-refractivity contribution in [2.45, 2.75) is 57.1 Å². The average Bonchev–Trinajstić information content (AvgIpc) is 2.70. The molecule has 1 saturated heterocycles. The molecule has 1 fully saturated rings. The van der Waals surface area contributed by atoms with Crippen molar-refractivity contribution in [3.8, 4) is 0 Å². The van der Waals surface area contributed by atoms with Gasteiger partial charge in [-0.2, -0.15) is 0 Å². The van der Waals surface area contributed by atoms with E-state index in [0.717, 1.165) is 43.2 Å². The van der Waals surface area contributed by atoms with Crippen molar-refractivity contribution >= 4 is 22.9 Å². The Hall–Kier alpha value is -0.0900. The van der Waals surface area contributed by atoms with Gasteiger partial charge in [-0.3, -0.25) is 0 Å². The lowest BCUT2D eigenvalue weighted by atomic mass is 9.72. The van der Waals surface area contributed by atoms with E-state index in [1.54, 1.807) is 11.3 Å². The molecule has 2 nitrogen and oxygen atoms in total. The molecule has 0 bridgehead atoms. The first-order valence-corrected chi connectivity index (χ1v) is 8.46. The molecule has 0 aromatic carbocycles. The monoisotopic (exact) mass is 299 g/mol. The zero-order valence-electron chi connectivity index (χ0n) is 11.7. The summed E-state index contributed by atoms with van der Waals surface area (Å²) in [6, 6.07) is 2.77. The number of thiophene rings is 1. The highest BCUT2D eigenvalue weighted by Crippen LogP contribution is 2.44. The van der Waals surface area contributed by atoms with Crippen LogP contribution in [0.1, 0.15) is 43.6 Å². The summed E-state index contributed by atoms with van der Waals surface area (Å²) < 4.78 is 7.15. The van der Waals surface area contributed by atoms with E-state index in [1.807, 2.05) is 0 Å². The molecule has 2 aliphatic heterocycles. The zero-order valence-corrected chi connectivity index (χ0v) is 13.2. The fourth-order valence-electron chi connectivity index (χ4n) is 3.57. The summed E-state index contributed by atoms with van der Waals surface area (Å²) in [6.45, 7) is 6.42. The molecule has 3 rings (SSSR count). The topological polar surface area (TPSA) is 21.3 Å². The minimum atomic E-state index is 0.188.